The summed E-state index contributed by atoms with van der Waals surface area (Å²) < 4.78 is 5.73. The highest BCUT2D eigenvalue weighted by Crippen LogP contribution is 2.32. The smallest absolute Gasteiger partial charge is 0.254 e. The van der Waals surface area contributed by atoms with Gasteiger partial charge in [0.2, 0.25) is 0 Å². The number of likely N-dealkylation sites (tertiary alicyclic amines) is 1. The summed E-state index contributed by atoms with van der Waals surface area (Å²) in [6.07, 6.45) is -0.641. The average molecular weight is 392 g/mol. The lowest BCUT2D eigenvalue weighted by atomic mass is 10.0. The number of nitrogens with zero attached hydrogens (tertiary/aromatic N) is 2. The van der Waals surface area contributed by atoms with Crippen molar-refractivity contribution in [2.75, 3.05) is 13.3 Å². The van der Waals surface area contributed by atoms with Gasteiger partial charge in [0.05, 0.1) is 6.04 Å². The first-order valence-electron chi connectivity index (χ1n) is 9.63. The van der Waals surface area contributed by atoms with Crippen molar-refractivity contribution in [3.63, 3.8) is 0 Å². The van der Waals surface area contributed by atoms with Crippen LogP contribution >= 0.6 is 0 Å². The summed E-state index contributed by atoms with van der Waals surface area (Å²) in [4.78, 5) is 16.1. The van der Waals surface area contributed by atoms with Crippen LogP contribution in [0, 0.1) is 6.92 Å². The summed E-state index contributed by atoms with van der Waals surface area (Å²) in [5.41, 5.74) is 2.43. The van der Waals surface area contributed by atoms with E-state index >= 15 is 0 Å². The number of fused-ring (bicyclic) bond motifs is 1. The van der Waals surface area contributed by atoms with Gasteiger partial charge in [0.15, 0.2) is 0 Å². The van der Waals surface area contributed by atoms with Crippen LogP contribution in [0.1, 0.15) is 34.3 Å². The molecular formula is C20H31N2O4Si. The molecule has 1 aromatic carbocycles. The molecule has 2 heterocycles. The van der Waals surface area contributed by atoms with Gasteiger partial charge in [-0.15, -0.1) is 0 Å². The fraction of sp³-hybridized carbons (Fsp3) is 0.600. The van der Waals surface area contributed by atoms with Gasteiger partial charge in [0.25, 0.3) is 5.91 Å². The monoisotopic (exact) mass is 391 g/mol. The summed E-state index contributed by atoms with van der Waals surface area (Å²) in [6, 6.07) is 6.30. The fourth-order valence-electron chi connectivity index (χ4n) is 3.70. The summed E-state index contributed by atoms with van der Waals surface area (Å²) in [5.74, 6) is -0.0736. The maximum atomic E-state index is 12.8. The molecule has 0 aromatic heterocycles. The van der Waals surface area contributed by atoms with E-state index in [0.29, 0.717) is 31.6 Å². The van der Waals surface area contributed by atoms with Gasteiger partial charge in [0.1, 0.15) is 19.2 Å². The van der Waals surface area contributed by atoms with Crippen molar-refractivity contribution < 1.29 is 19.7 Å². The van der Waals surface area contributed by atoms with Gasteiger partial charge in [-0.2, -0.15) is 0 Å². The second-order valence-electron chi connectivity index (χ2n) is 8.83. The normalized spacial score (nSPS) is 26.5. The lowest BCUT2D eigenvalue weighted by molar-refractivity contribution is -0.194. The van der Waals surface area contributed by atoms with Crippen LogP contribution in [-0.4, -0.2) is 65.8 Å². The third kappa shape index (κ3) is 4.60. The Morgan fingerprint density at radius 2 is 2.00 bits per heavy atom. The molecule has 1 fully saturated rings. The molecule has 6 nitrogen and oxygen atoms in total. The number of piperidine rings is 1. The predicted octanol–water partition coefficient (Wildman–Crippen LogP) is 2.24. The molecule has 0 aliphatic carbocycles. The Labute approximate surface area is 162 Å². The largest absolute Gasteiger partial charge is 0.378 e. The Hall–Kier alpha value is -1.25. The number of hydrogen-bond donors (Lipinski definition) is 2. The number of hydrogen-bond acceptors (Lipinski definition) is 5. The van der Waals surface area contributed by atoms with E-state index in [0.717, 1.165) is 17.2 Å². The minimum absolute atomic E-state index is 0.0736. The van der Waals surface area contributed by atoms with Crippen molar-refractivity contribution in [2.45, 2.75) is 63.6 Å². The predicted molar refractivity (Wildman–Crippen MR) is 107 cm³/mol. The van der Waals surface area contributed by atoms with Gasteiger partial charge in [-0.3, -0.25) is 4.79 Å². The minimum Gasteiger partial charge on any atom is -0.378 e. The summed E-state index contributed by atoms with van der Waals surface area (Å²) in [7, 11) is -1.19. The molecule has 2 aliphatic heterocycles. The highest BCUT2D eigenvalue weighted by Gasteiger charge is 2.42. The molecule has 1 radical (unpaired) electrons. The van der Waals surface area contributed by atoms with E-state index in [2.05, 4.69) is 26.6 Å². The SMILES string of the molecule is [CH2]c1ccc2c(c1)C(=O)N(C1CCC(O)N(COCC[Si](C)(C)C)C1O)C2. The van der Waals surface area contributed by atoms with Crippen LogP contribution in [0.2, 0.25) is 25.7 Å². The van der Waals surface area contributed by atoms with Crippen molar-refractivity contribution in [3.8, 4) is 0 Å². The molecule has 149 valence electrons. The first kappa shape index (κ1) is 20.5. The van der Waals surface area contributed by atoms with E-state index in [1.165, 1.54) is 0 Å². The second-order valence-corrected chi connectivity index (χ2v) is 14.4. The molecular weight excluding hydrogens is 360 g/mol. The van der Waals surface area contributed by atoms with Crippen LogP contribution in [0.25, 0.3) is 0 Å². The Morgan fingerprint density at radius 3 is 2.70 bits per heavy atom. The number of aliphatic hydroxyl groups excluding tert-OH is 2. The van der Waals surface area contributed by atoms with Crippen molar-refractivity contribution in [3.05, 3.63) is 41.8 Å². The molecule has 2 N–H and O–H groups in total. The number of carbonyl (C=O) groups is 1. The van der Waals surface area contributed by atoms with Crippen LogP contribution in [0.5, 0.6) is 0 Å². The molecule has 3 atom stereocenters. The summed E-state index contributed by atoms with van der Waals surface area (Å²) >= 11 is 0. The van der Waals surface area contributed by atoms with Gasteiger partial charge in [-0.25, -0.2) is 4.90 Å². The van der Waals surface area contributed by atoms with Gasteiger partial charge in [-0.05, 0) is 43.0 Å². The highest BCUT2D eigenvalue weighted by atomic mass is 28.3. The Bertz CT molecular complexity index is 691. The van der Waals surface area contributed by atoms with Crippen LogP contribution in [0.4, 0.5) is 0 Å². The number of rotatable bonds is 6. The molecule has 0 spiro atoms. The number of carbonyl (C=O) groups excluding carboxylic acids is 1. The zero-order chi connectivity index (χ0) is 19.8. The van der Waals surface area contributed by atoms with E-state index in [4.69, 9.17) is 4.74 Å². The number of aliphatic hydroxyl groups is 2. The molecule has 1 amide bonds. The zero-order valence-corrected chi connectivity index (χ0v) is 17.5. The quantitative estimate of drug-likeness (QED) is 0.575. The van der Waals surface area contributed by atoms with Crippen LogP contribution in [0.15, 0.2) is 18.2 Å². The minimum atomic E-state index is -1.19. The second kappa shape index (κ2) is 8.01. The van der Waals surface area contributed by atoms with Crippen molar-refractivity contribution in [1.29, 1.82) is 0 Å². The van der Waals surface area contributed by atoms with Gasteiger partial charge in [0, 0.05) is 26.8 Å². The number of ether oxygens (including phenoxy) is 1. The van der Waals surface area contributed by atoms with E-state index < -0.39 is 20.5 Å². The van der Waals surface area contributed by atoms with E-state index in [1.807, 2.05) is 12.1 Å². The lowest BCUT2D eigenvalue weighted by Crippen LogP contribution is -2.59. The van der Waals surface area contributed by atoms with Gasteiger partial charge in [-0.1, -0.05) is 31.8 Å². The van der Waals surface area contributed by atoms with Crippen molar-refractivity contribution >= 4 is 14.0 Å². The first-order chi connectivity index (χ1) is 12.7. The van der Waals surface area contributed by atoms with E-state index in [-0.39, 0.29) is 18.7 Å². The Morgan fingerprint density at radius 1 is 1.26 bits per heavy atom. The maximum Gasteiger partial charge on any atom is 0.254 e. The van der Waals surface area contributed by atoms with E-state index in [9.17, 15) is 15.0 Å². The van der Waals surface area contributed by atoms with Gasteiger partial charge < -0.3 is 19.8 Å². The molecule has 2 aliphatic rings. The molecule has 27 heavy (non-hydrogen) atoms. The van der Waals surface area contributed by atoms with Gasteiger partial charge >= 0.3 is 0 Å². The molecule has 7 heteroatoms. The van der Waals surface area contributed by atoms with Crippen molar-refractivity contribution in [2.24, 2.45) is 0 Å². The van der Waals surface area contributed by atoms with Crippen LogP contribution in [0.3, 0.4) is 0 Å². The topological polar surface area (TPSA) is 73.2 Å². The lowest BCUT2D eigenvalue weighted by Gasteiger charge is -2.44. The Balaban J connectivity index is 1.64. The maximum absolute atomic E-state index is 12.8. The standard InChI is InChI=1S/C20H31N2O4Si/c1-14-5-6-15-12-21(19(24)16(15)11-14)17-7-8-18(23)22(20(17)25)13-26-9-10-27(2,3)4/h5-6,11,17-18,20,23,25H,1,7-10,12-13H2,2-4H3. The number of amides is 1. The summed E-state index contributed by atoms with van der Waals surface area (Å²) in [6.45, 7) is 12.0. The third-order valence-corrected chi connectivity index (χ3v) is 7.13. The zero-order valence-electron chi connectivity index (χ0n) is 16.5. The summed E-state index contributed by atoms with van der Waals surface area (Å²) in [5, 5.41) is 21.2. The number of benzene rings is 1. The van der Waals surface area contributed by atoms with Crippen LogP contribution < -0.4 is 0 Å². The van der Waals surface area contributed by atoms with Crippen molar-refractivity contribution in [1.82, 2.24) is 9.80 Å². The molecule has 1 aromatic rings. The molecule has 1 saturated heterocycles. The van der Waals surface area contributed by atoms with Crippen LogP contribution in [-0.2, 0) is 11.3 Å². The molecule has 3 rings (SSSR count). The molecule has 0 saturated carbocycles. The first-order valence-corrected chi connectivity index (χ1v) is 13.3. The average Bonchev–Trinajstić information content (AvgIpc) is 2.89. The fourth-order valence-corrected chi connectivity index (χ4v) is 4.45. The third-order valence-electron chi connectivity index (χ3n) is 5.43. The Kier molecular flexibility index (Phi) is 6.07. The molecule has 0 bridgehead atoms. The van der Waals surface area contributed by atoms with E-state index in [1.54, 1.807) is 15.9 Å². The molecule has 3 unspecified atom stereocenters. The highest BCUT2D eigenvalue weighted by molar-refractivity contribution is 6.76.